The predicted octanol–water partition coefficient (Wildman–Crippen LogP) is 4.93. The molecule has 3 rings (SSSR count). The van der Waals surface area contributed by atoms with Crippen LogP contribution in [0.15, 0.2) is 59.0 Å². The third kappa shape index (κ3) is 5.15. The van der Waals surface area contributed by atoms with E-state index in [-0.39, 0.29) is 12.5 Å². The van der Waals surface area contributed by atoms with Crippen LogP contribution in [0.1, 0.15) is 15.9 Å². The summed E-state index contributed by atoms with van der Waals surface area (Å²) in [5.74, 6) is 0.250. The molecular formula is C23H21ClN2O5S. The number of amidine groups is 1. The summed E-state index contributed by atoms with van der Waals surface area (Å²) < 4.78 is 15.6. The van der Waals surface area contributed by atoms with Crippen molar-refractivity contribution in [3.63, 3.8) is 0 Å². The van der Waals surface area contributed by atoms with Gasteiger partial charge < -0.3 is 14.2 Å². The number of thioether (sulfide) groups is 1. The summed E-state index contributed by atoms with van der Waals surface area (Å²) in [5.41, 5.74) is 1.71. The van der Waals surface area contributed by atoms with Gasteiger partial charge in [0.2, 0.25) is 0 Å². The summed E-state index contributed by atoms with van der Waals surface area (Å²) in [5, 5.41) is 0.873. The van der Waals surface area contributed by atoms with Crippen LogP contribution >= 0.6 is 23.4 Å². The lowest BCUT2D eigenvalue weighted by molar-refractivity contribution is -0.121. The van der Waals surface area contributed by atoms with Crippen molar-refractivity contribution < 1.29 is 23.8 Å². The van der Waals surface area contributed by atoms with Crippen molar-refractivity contribution in [1.82, 2.24) is 4.90 Å². The first-order chi connectivity index (χ1) is 15.4. The molecule has 0 aliphatic carbocycles. The van der Waals surface area contributed by atoms with Crippen molar-refractivity contribution in [1.29, 1.82) is 0 Å². The molecule has 2 aromatic carbocycles. The molecule has 1 heterocycles. The van der Waals surface area contributed by atoms with Crippen LogP contribution in [-0.2, 0) is 9.53 Å². The standard InChI is InChI=1S/C23H21ClN2O5S/c1-5-10-31-20-17(24)11-14(12-18(20)29-3)13-19-21(27)26(2)23(32-19)25-16-8-6-15(7-9-16)22(28)30-4/h5-9,11-13H,1,10H2,2-4H3. The SMILES string of the molecule is C=CCOc1c(Cl)cc(C=C2SC(=Nc3ccc(C(=O)OC)cc3)N(C)C2=O)cc1OC. The number of hydrogen-bond donors (Lipinski definition) is 0. The van der Waals surface area contributed by atoms with E-state index in [1.807, 2.05) is 0 Å². The third-order valence-electron chi connectivity index (χ3n) is 4.41. The first-order valence-electron chi connectivity index (χ1n) is 9.43. The second kappa shape index (κ2) is 10.4. The number of amides is 1. The fourth-order valence-corrected chi connectivity index (χ4v) is 4.07. The predicted molar refractivity (Wildman–Crippen MR) is 127 cm³/mol. The first kappa shape index (κ1) is 23.4. The molecule has 0 saturated carbocycles. The molecule has 0 aromatic heterocycles. The van der Waals surface area contributed by atoms with Crippen molar-refractivity contribution in [2.24, 2.45) is 4.99 Å². The largest absolute Gasteiger partial charge is 0.493 e. The second-order valence-electron chi connectivity index (χ2n) is 6.54. The minimum atomic E-state index is -0.424. The Hall–Kier alpha value is -3.23. The highest BCUT2D eigenvalue weighted by atomic mass is 35.5. The second-order valence-corrected chi connectivity index (χ2v) is 7.96. The molecule has 0 N–H and O–H groups in total. The summed E-state index contributed by atoms with van der Waals surface area (Å²) in [6, 6.07) is 10.1. The van der Waals surface area contributed by atoms with Gasteiger partial charge in [-0.3, -0.25) is 9.69 Å². The molecule has 1 aliphatic heterocycles. The van der Waals surface area contributed by atoms with Gasteiger partial charge in [-0.05, 0) is 59.8 Å². The molecule has 32 heavy (non-hydrogen) atoms. The van der Waals surface area contributed by atoms with E-state index in [2.05, 4.69) is 11.6 Å². The summed E-state index contributed by atoms with van der Waals surface area (Å²) in [7, 11) is 4.49. The maximum atomic E-state index is 12.7. The van der Waals surface area contributed by atoms with Crippen LogP contribution in [0.25, 0.3) is 6.08 Å². The maximum absolute atomic E-state index is 12.7. The Morgan fingerprint density at radius 2 is 1.97 bits per heavy atom. The minimum absolute atomic E-state index is 0.193. The molecule has 1 aliphatic rings. The zero-order valence-corrected chi connectivity index (χ0v) is 19.3. The van der Waals surface area contributed by atoms with Crippen LogP contribution in [0.2, 0.25) is 5.02 Å². The molecular weight excluding hydrogens is 452 g/mol. The number of nitrogens with zero attached hydrogens (tertiary/aromatic N) is 2. The molecule has 0 atom stereocenters. The van der Waals surface area contributed by atoms with Crippen molar-refractivity contribution in [2.75, 3.05) is 27.9 Å². The lowest BCUT2D eigenvalue weighted by Crippen LogP contribution is -2.23. The lowest BCUT2D eigenvalue weighted by Gasteiger charge is -2.12. The topological polar surface area (TPSA) is 77.4 Å². The highest BCUT2D eigenvalue weighted by Crippen LogP contribution is 2.39. The van der Waals surface area contributed by atoms with E-state index in [9.17, 15) is 9.59 Å². The number of rotatable bonds is 7. The van der Waals surface area contributed by atoms with Crippen LogP contribution in [0.5, 0.6) is 11.5 Å². The van der Waals surface area contributed by atoms with Crippen LogP contribution in [0.3, 0.4) is 0 Å². The number of ether oxygens (including phenoxy) is 3. The van der Waals surface area contributed by atoms with Gasteiger partial charge in [-0.2, -0.15) is 0 Å². The summed E-state index contributed by atoms with van der Waals surface area (Å²) >= 11 is 7.59. The van der Waals surface area contributed by atoms with E-state index in [0.717, 1.165) is 0 Å². The molecule has 0 unspecified atom stereocenters. The molecule has 166 valence electrons. The fraction of sp³-hybridized carbons (Fsp3) is 0.174. The summed E-state index contributed by atoms with van der Waals surface area (Å²) in [6.07, 6.45) is 3.33. The van der Waals surface area contributed by atoms with Crippen LogP contribution in [-0.4, -0.2) is 49.8 Å². The van der Waals surface area contributed by atoms with Gasteiger partial charge in [0, 0.05) is 7.05 Å². The van der Waals surface area contributed by atoms with Gasteiger partial charge in [0.1, 0.15) is 6.61 Å². The van der Waals surface area contributed by atoms with Gasteiger partial charge in [-0.15, -0.1) is 0 Å². The van der Waals surface area contributed by atoms with E-state index in [4.69, 9.17) is 25.8 Å². The van der Waals surface area contributed by atoms with Crippen molar-refractivity contribution in [3.8, 4) is 11.5 Å². The van der Waals surface area contributed by atoms with Gasteiger partial charge in [0.25, 0.3) is 5.91 Å². The first-order valence-corrected chi connectivity index (χ1v) is 10.6. The molecule has 1 amide bonds. The Bertz CT molecular complexity index is 1110. The lowest BCUT2D eigenvalue weighted by atomic mass is 10.2. The van der Waals surface area contributed by atoms with E-state index in [1.165, 1.54) is 30.9 Å². The average molecular weight is 473 g/mol. The number of likely N-dealkylation sites (N-methyl/N-ethyl adjacent to an activating group) is 1. The van der Waals surface area contributed by atoms with Gasteiger partial charge >= 0.3 is 5.97 Å². The zero-order valence-electron chi connectivity index (χ0n) is 17.8. The molecule has 0 radical (unpaired) electrons. The minimum Gasteiger partial charge on any atom is -0.493 e. The number of carbonyl (C=O) groups is 2. The number of aliphatic imine (C=N–C) groups is 1. The number of halogens is 1. The average Bonchev–Trinajstić information content (AvgIpc) is 3.05. The molecule has 1 fully saturated rings. The highest BCUT2D eigenvalue weighted by Gasteiger charge is 2.30. The quantitative estimate of drug-likeness (QED) is 0.323. The van der Waals surface area contributed by atoms with Crippen LogP contribution < -0.4 is 9.47 Å². The fourth-order valence-electron chi connectivity index (χ4n) is 2.81. The molecule has 1 saturated heterocycles. The molecule has 2 aromatic rings. The third-order valence-corrected chi connectivity index (χ3v) is 5.75. The van der Waals surface area contributed by atoms with Gasteiger partial charge in [-0.25, -0.2) is 9.79 Å². The Morgan fingerprint density at radius 1 is 1.25 bits per heavy atom. The van der Waals surface area contributed by atoms with Crippen molar-refractivity contribution in [2.45, 2.75) is 0 Å². The highest BCUT2D eigenvalue weighted by molar-refractivity contribution is 8.18. The number of methoxy groups -OCH3 is 2. The Kier molecular flexibility index (Phi) is 7.61. The van der Waals surface area contributed by atoms with Crippen LogP contribution in [0.4, 0.5) is 5.69 Å². The van der Waals surface area contributed by atoms with E-state index in [0.29, 0.717) is 43.4 Å². The molecule has 0 bridgehead atoms. The molecule has 0 spiro atoms. The van der Waals surface area contributed by atoms with Crippen molar-refractivity contribution in [3.05, 3.63) is 70.1 Å². The number of hydrogen-bond acceptors (Lipinski definition) is 7. The number of benzene rings is 2. The van der Waals surface area contributed by atoms with Gasteiger partial charge in [0.05, 0.1) is 35.4 Å². The van der Waals surface area contributed by atoms with E-state index >= 15 is 0 Å². The van der Waals surface area contributed by atoms with Crippen molar-refractivity contribution >= 4 is 52.2 Å². The summed E-state index contributed by atoms with van der Waals surface area (Å²) in [4.78, 5) is 30.8. The summed E-state index contributed by atoms with van der Waals surface area (Å²) in [6.45, 7) is 3.91. The van der Waals surface area contributed by atoms with Gasteiger partial charge in [0.15, 0.2) is 16.7 Å². The molecule has 9 heteroatoms. The van der Waals surface area contributed by atoms with E-state index < -0.39 is 5.97 Å². The number of esters is 1. The monoisotopic (exact) mass is 472 g/mol. The Morgan fingerprint density at radius 3 is 2.59 bits per heavy atom. The van der Waals surface area contributed by atoms with Crippen LogP contribution in [0, 0.1) is 0 Å². The Balaban J connectivity index is 1.86. The molecule has 7 nitrogen and oxygen atoms in total. The normalized spacial score (nSPS) is 15.9. The Labute approximate surface area is 195 Å². The van der Waals surface area contributed by atoms with E-state index in [1.54, 1.807) is 55.6 Å². The zero-order chi connectivity index (χ0) is 23.3. The van der Waals surface area contributed by atoms with Gasteiger partial charge in [-0.1, -0.05) is 24.3 Å². The smallest absolute Gasteiger partial charge is 0.337 e. The number of carbonyl (C=O) groups excluding carboxylic acids is 2. The maximum Gasteiger partial charge on any atom is 0.337 e.